The predicted molar refractivity (Wildman–Crippen MR) is 94.3 cm³/mol. The predicted octanol–water partition coefficient (Wildman–Crippen LogP) is 4.38. The zero-order valence-electron chi connectivity index (χ0n) is 14.4. The highest BCUT2D eigenvalue weighted by Gasteiger charge is 2.30. The van der Waals surface area contributed by atoms with E-state index in [1.54, 1.807) is 44.4 Å². The number of nitrogens with one attached hydrogen (secondary N) is 2. The van der Waals surface area contributed by atoms with Crippen LogP contribution in [0.1, 0.15) is 21.5 Å². The van der Waals surface area contributed by atoms with Crippen molar-refractivity contribution in [3.8, 4) is 5.75 Å². The third kappa shape index (κ3) is 5.27. The summed E-state index contributed by atoms with van der Waals surface area (Å²) in [4.78, 5) is 12.5. The Morgan fingerprint density at radius 2 is 1.96 bits per heavy atom. The van der Waals surface area contributed by atoms with Crippen LogP contribution in [0.3, 0.4) is 0 Å². The van der Waals surface area contributed by atoms with E-state index < -0.39 is 17.6 Å². The van der Waals surface area contributed by atoms with Gasteiger partial charge >= 0.3 is 6.18 Å². The quantitative estimate of drug-likeness (QED) is 0.800. The molecule has 0 saturated heterocycles. The minimum Gasteiger partial charge on any atom is -0.489 e. The van der Waals surface area contributed by atoms with Crippen molar-refractivity contribution in [2.45, 2.75) is 13.1 Å². The number of alkyl halides is 3. The van der Waals surface area contributed by atoms with Crippen LogP contribution < -0.4 is 15.4 Å². The van der Waals surface area contributed by atoms with Crippen molar-refractivity contribution in [3.63, 3.8) is 0 Å². The molecule has 0 aliphatic heterocycles. The maximum absolute atomic E-state index is 12.8. The molecule has 0 aromatic heterocycles. The molecular formula is C19H19F3N2O2. The Hall–Kier alpha value is -2.96. The van der Waals surface area contributed by atoms with Crippen LogP contribution in [0.15, 0.2) is 54.7 Å². The van der Waals surface area contributed by atoms with Crippen molar-refractivity contribution in [1.82, 2.24) is 5.32 Å². The minimum absolute atomic E-state index is 0.0764. The van der Waals surface area contributed by atoms with Gasteiger partial charge in [0.2, 0.25) is 0 Å². The number of hydrogen-bond acceptors (Lipinski definition) is 3. The fourth-order valence-electron chi connectivity index (χ4n) is 2.22. The van der Waals surface area contributed by atoms with Crippen LogP contribution >= 0.6 is 0 Å². The molecule has 0 unspecified atom stereocenters. The van der Waals surface area contributed by atoms with E-state index in [4.69, 9.17) is 4.74 Å². The number of ether oxygens (including phenoxy) is 1. The van der Waals surface area contributed by atoms with Gasteiger partial charge in [-0.3, -0.25) is 4.79 Å². The number of rotatable bonds is 6. The average molecular weight is 364 g/mol. The van der Waals surface area contributed by atoms with Gasteiger partial charge in [0, 0.05) is 18.3 Å². The molecule has 7 heteroatoms. The molecular weight excluding hydrogens is 345 g/mol. The summed E-state index contributed by atoms with van der Waals surface area (Å²) in [5.41, 5.74) is 0.276. The summed E-state index contributed by atoms with van der Waals surface area (Å²) in [6.45, 7) is 2.06. The molecule has 0 fully saturated rings. The summed E-state index contributed by atoms with van der Waals surface area (Å²) >= 11 is 0. The molecule has 1 amide bonds. The molecule has 0 radical (unpaired) electrons. The first kappa shape index (κ1) is 19.4. The second kappa shape index (κ2) is 8.42. The molecule has 0 heterocycles. The molecule has 2 N–H and O–H groups in total. The van der Waals surface area contributed by atoms with Gasteiger partial charge in [0.15, 0.2) is 0 Å². The summed E-state index contributed by atoms with van der Waals surface area (Å²) in [7, 11) is 1.76. The van der Waals surface area contributed by atoms with E-state index in [1.165, 1.54) is 12.1 Å². The lowest BCUT2D eigenvalue weighted by Crippen LogP contribution is -2.14. The lowest BCUT2D eigenvalue weighted by atomic mass is 10.1. The van der Waals surface area contributed by atoms with Gasteiger partial charge in [-0.25, -0.2) is 0 Å². The Morgan fingerprint density at radius 3 is 2.65 bits per heavy atom. The zero-order chi connectivity index (χ0) is 19.2. The summed E-state index contributed by atoms with van der Waals surface area (Å²) < 4.78 is 43.9. The second-order valence-electron chi connectivity index (χ2n) is 5.51. The maximum Gasteiger partial charge on any atom is 0.416 e. The van der Waals surface area contributed by atoms with Crippen molar-refractivity contribution in [3.05, 3.63) is 71.4 Å². The Bertz CT molecular complexity index is 802. The fourth-order valence-corrected chi connectivity index (χ4v) is 2.22. The fraction of sp³-hybridized carbons (Fsp3) is 0.211. The number of aryl methyl sites for hydroxylation is 1. The van der Waals surface area contributed by atoms with Crippen molar-refractivity contribution in [2.24, 2.45) is 0 Å². The summed E-state index contributed by atoms with van der Waals surface area (Å²) in [6, 6.07) is 9.52. The molecule has 0 bridgehead atoms. The second-order valence-corrected chi connectivity index (χ2v) is 5.51. The van der Waals surface area contributed by atoms with E-state index in [-0.39, 0.29) is 5.69 Å². The molecule has 0 spiro atoms. The Balaban J connectivity index is 2.15. The normalized spacial score (nSPS) is 11.4. The first-order valence-corrected chi connectivity index (χ1v) is 7.85. The van der Waals surface area contributed by atoms with Crippen molar-refractivity contribution in [2.75, 3.05) is 19.0 Å². The number of anilines is 1. The van der Waals surface area contributed by atoms with Gasteiger partial charge in [-0.1, -0.05) is 12.1 Å². The highest BCUT2D eigenvalue weighted by Crippen LogP contribution is 2.31. The van der Waals surface area contributed by atoms with E-state index in [9.17, 15) is 18.0 Å². The summed E-state index contributed by atoms with van der Waals surface area (Å²) in [6.07, 6.45) is -0.983. The third-order valence-corrected chi connectivity index (χ3v) is 3.53. The first-order valence-electron chi connectivity index (χ1n) is 7.85. The monoisotopic (exact) mass is 364 g/mol. The van der Waals surface area contributed by atoms with Gasteiger partial charge < -0.3 is 15.4 Å². The van der Waals surface area contributed by atoms with Crippen LogP contribution in [0.5, 0.6) is 5.75 Å². The Kier molecular flexibility index (Phi) is 6.27. The highest BCUT2D eigenvalue weighted by atomic mass is 19.4. The van der Waals surface area contributed by atoms with Gasteiger partial charge in [0.25, 0.3) is 5.91 Å². The SMILES string of the molecule is CN/C=C/COc1ccc(C)c(C(=O)Nc2cccc(C(F)(F)F)c2)c1. The molecule has 138 valence electrons. The van der Waals surface area contributed by atoms with Crippen LogP contribution in [-0.2, 0) is 6.18 Å². The molecule has 0 aliphatic rings. The average Bonchev–Trinajstić information content (AvgIpc) is 2.59. The Morgan fingerprint density at radius 1 is 1.19 bits per heavy atom. The van der Waals surface area contributed by atoms with E-state index in [0.29, 0.717) is 23.5 Å². The van der Waals surface area contributed by atoms with E-state index in [2.05, 4.69) is 10.6 Å². The smallest absolute Gasteiger partial charge is 0.416 e. The van der Waals surface area contributed by atoms with Crippen molar-refractivity contribution < 1.29 is 22.7 Å². The van der Waals surface area contributed by atoms with Gasteiger partial charge in [-0.2, -0.15) is 13.2 Å². The topological polar surface area (TPSA) is 50.4 Å². The molecule has 4 nitrogen and oxygen atoms in total. The summed E-state index contributed by atoms with van der Waals surface area (Å²) in [5, 5.41) is 5.33. The van der Waals surface area contributed by atoms with Gasteiger partial charge in [0.05, 0.1) is 5.56 Å². The first-order chi connectivity index (χ1) is 12.3. The molecule has 2 aromatic rings. The van der Waals surface area contributed by atoms with Gasteiger partial charge in [-0.15, -0.1) is 0 Å². The van der Waals surface area contributed by atoms with Crippen LogP contribution in [0.25, 0.3) is 0 Å². The van der Waals surface area contributed by atoms with E-state index >= 15 is 0 Å². The molecule has 0 atom stereocenters. The number of amides is 1. The highest BCUT2D eigenvalue weighted by molar-refractivity contribution is 6.05. The molecule has 2 rings (SSSR count). The van der Waals surface area contributed by atoms with Crippen molar-refractivity contribution >= 4 is 11.6 Å². The van der Waals surface area contributed by atoms with Crippen LogP contribution in [0.4, 0.5) is 18.9 Å². The zero-order valence-corrected chi connectivity index (χ0v) is 14.4. The van der Waals surface area contributed by atoms with Gasteiger partial charge in [0.1, 0.15) is 12.4 Å². The maximum atomic E-state index is 12.8. The van der Waals surface area contributed by atoms with E-state index in [0.717, 1.165) is 12.1 Å². The van der Waals surface area contributed by atoms with Gasteiger partial charge in [-0.05, 0) is 55.1 Å². The number of carbonyl (C=O) groups is 1. The number of hydrogen-bond donors (Lipinski definition) is 2. The molecule has 0 saturated carbocycles. The lowest BCUT2D eigenvalue weighted by Gasteiger charge is -2.12. The molecule has 0 aliphatic carbocycles. The summed E-state index contributed by atoms with van der Waals surface area (Å²) in [5.74, 6) is -0.0106. The lowest BCUT2D eigenvalue weighted by molar-refractivity contribution is -0.137. The Labute approximate surface area is 149 Å². The third-order valence-electron chi connectivity index (χ3n) is 3.53. The number of carbonyl (C=O) groups excluding carboxylic acids is 1. The molecule has 2 aromatic carbocycles. The van der Waals surface area contributed by atoms with Crippen LogP contribution in [0.2, 0.25) is 0 Å². The standard InChI is InChI=1S/C19H19F3N2O2/c1-13-7-8-16(26-10-4-9-23-2)12-17(13)18(25)24-15-6-3-5-14(11-15)19(20,21)22/h3-9,11-12,23H,10H2,1-2H3,(H,24,25)/b9-4+. The van der Waals surface area contributed by atoms with E-state index in [1.807, 2.05) is 0 Å². The number of benzene rings is 2. The largest absolute Gasteiger partial charge is 0.489 e. The van der Waals surface area contributed by atoms with Crippen LogP contribution in [-0.4, -0.2) is 19.6 Å². The number of halogens is 3. The molecule has 26 heavy (non-hydrogen) atoms. The van der Waals surface area contributed by atoms with Crippen molar-refractivity contribution in [1.29, 1.82) is 0 Å². The minimum atomic E-state index is -4.47. The van der Waals surface area contributed by atoms with Crippen LogP contribution in [0, 0.1) is 6.92 Å².